The van der Waals surface area contributed by atoms with Gasteiger partial charge in [-0.2, -0.15) is 0 Å². The molecule has 0 aliphatic heterocycles. The Kier molecular flexibility index (Phi) is 5.74. The molecule has 7 heteroatoms. The van der Waals surface area contributed by atoms with E-state index in [0.29, 0.717) is 10.0 Å². The largest absolute Gasteiger partial charge is 0.481 e. The summed E-state index contributed by atoms with van der Waals surface area (Å²) in [6, 6.07) is 4.53. The summed E-state index contributed by atoms with van der Waals surface area (Å²) >= 11 is 11.7. The van der Waals surface area contributed by atoms with E-state index < -0.39 is 12.0 Å². The van der Waals surface area contributed by atoms with Crippen molar-refractivity contribution in [3.8, 4) is 0 Å². The maximum Gasteiger partial charge on any atom is 0.315 e. The Morgan fingerprint density at radius 3 is 2.56 bits per heavy atom. The monoisotopic (exact) mass is 290 g/mol. The Morgan fingerprint density at radius 2 is 1.94 bits per heavy atom. The SMILES string of the molecule is O=C(O)CCNC(=O)NCc1ccc(Cl)cc1Cl. The van der Waals surface area contributed by atoms with E-state index in [0.717, 1.165) is 5.56 Å². The zero-order valence-corrected chi connectivity index (χ0v) is 10.9. The van der Waals surface area contributed by atoms with Gasteiger partial charge < -0.3 is 15.7 Å². The van der Waals surface area contributed by atoms with Gasteiger partial charge in [-0.3, -0.25) is 4.79 Å². The first-order chi connectivity index (χ1) is 8.49. The minimum absolute atomic E-state index is 0.0789. The summed E-state index contributed by atoms with van der Waals surface area (Å²) in [5.74, 6) is -0.962. The number of rotatable bonds is 5. The molecule has 0 radical (unpaired) electrons. The summed E-state index contributed by atoms with van der Waals surface area (Å²) in [4.78, 5) is 21.5. The maximum absolute atomic E-state index is 11.3. The smallest absolute Gasteiger partial charge is 0.315 e. The highest BCUT2D eigenvalue weighted by molar-refractivity contribution is 6.35. The summed E-state index contributed by atoms with van der Waals surface area (Å²) < 4.78 is 0. The van der Waals surface area contributed by atoms with Crippen LogP contribution in [0, 0.1) is 0 Å². The summed E-state index contributed by atoms with van der Waals surface area (Å²) in [7, 11) is 0. The molecule has 0 unspecified atom stereocenters. The van der Waals surface area contributed by atoms with Gasteiger partial charge in [-0.05, 0) is 17.7 Å². The van der Waals surface area contributed by atoms with Crippen LogP contribution in [0.25, 0.3) is 0 Å². The molecule has 1 aromatic carbocycles. The van der Waals surface area contributed by atoms with Crippen LogP contribution in [0.4, 0.5) is 4.79 Å². The molecule has 3 N–H and O–H groups in total. The predicted octanol–water partition coefficient (Wildman–Crippen LogP) is 2.27. The van der Waals surface area contributed by atoms with Gasteiger partial charge in [0.15, 0.2) is 0 Å². The second-order valence-electron chi connectivity index (χ2n) is 3.49. The van der Waals surface area contributed by atoms with E-state index >= 15 is 0 Å². The number of amides is 2. The number of urea groups is 1. The van der Waals surface area contributed by atoms with Crippen molar-refractivity contribution in [2.45, 2.75) is 13.0 Å². The van der Waals surface area contributed by atoms with Crippen LogP contribution in [0.1, 0.15) is 12.0 Å². The molecule has 0 heterocycles. The Balaban J connectivity index is 2.36. The molecular formula is C11H12Cl2N2O3. The fourth-order valence-corrected chi connectivity index (χ4v) is 1.66. The van der Waals surface area contributed by atoms with E-state index in [2.05, 4.69) is 10.6 Å². The van der Waals surface area contributed by atoms with Crippen molar-refractivity contribution < 1.29 is 14.7 Å². The van der Waals surface area contributed by atoms with Crippen LogP contribution >= 0.6 is 23.2 Å². The third kappa shape index (κ3) is 5.25. The molecule has 0 saturated carbocycles. The Morgan fingerprint density at radius 1 is 1.22 bits per heavy atom. The number of halogens is 2. The minimum atomic E-state index is -0.962. The molecule has 5 nitrogen and oxygen atoms in total. The molecule has 18 heavy (non-hydrogen) atoms. The lowest BCUT2D eigenvalue weighted by molar-refractivity contribution is -0.136. The van der Waals surface area contributed by atoms with Gasteiger partial charge >= 0.3 is 12.0 Å². The van der Waals surface area contributed by atoms with Crippen LogP contribution in [0.2, 0.25) is 10.0 Å². The Hall–Kier alpha value is -1.46. The zero-order chi connectivity index (χ0) is 13.5. The number of carbonyl (C=O) groups excluding carboxylic acids is 1. The normalized spacial score (nSPS) is 9.89. The highest BCUT2D eigenvalue weighted by Crippen LogP contribution is 2.20. The number of hydrogen-bond acceptors (Lipinski definition) is 2. The lowest BCUT2D eigenvalue weighted by atomic mass is 10.2. The van der Waals surface area contributed by atoms with E-state index in [1.54, 1.807) is 18.2 Å². The topological polar surface area (TPSA) is 78.4 Å². The highest BCUT2D eigenvalue weighted by Gasteiger charge is 2.04. The number of carboxylic acids is 1. The van der Waals surface area contributed by atoms with Crippen LogP contribution in [-0.2, 0) is 11.3 Å². The average molecular weight is 291 g/mol. The van der Waals surface area contributed by atoms with E-state index in [4.69, 9.17) is 28.3 Å². The molecular weight excluding hydrogens is 279 g/mol. The highest BCUT2D eigenvalue weighted by atomic mass is 35.5. The van der Waals surface area contributed by atoms with Crippen molar-refractivity contribution in [3.05, 3.63) is 33.8 Å². The number of benzene rings is 1. The molecule has 0 aliphatic carbocycles. The average Bonchev–Trinajstić information content (AvgIpc) is 2.27. The number of carboxylic acid groups (broad SMARTS) is 1. The van der Waals surface area contributed by atoms with Crippen molar-refractivity contribution in [2.75, 3.05) is 6.54 Å². The van der Waals surface area contributed by atoms with Crippen molar-refractivity contribution in [2.24, 2.45) is 0 Å². The van der Waals surface area contributed by atoms with E-state index in [1.807, 2.05) is 0 Å². The van der Waals surface area contributed by atoms with Gasteiger partial charge in [0.1, 0.15) is 0 Å². The van der Waals surface area contributed by atoms with Gasteiger partial charge in [-0.1, -0.05) is 29.3 Å². The van der Waals surface area contributed by atoms with Crippen molar-refractivity contribution in [3.63, 3.8) is 0 Å². The molecule has 1 aromatic rings. The van der Waals surface area contributed by atoms with Gasteiger partial charge in [0, 0.05) is 23.1 Å². The molecule has 2 amide bonds. The van der Waals surface area contributed by atoms with Crippen LogP contribution in [-0.4, -0.2) is 23.7 Å². The third-order valence-corrected chi connectivity index (χ3v) is 2.67. The fourth-order valence-electron chi connectivity index (χ4n) is 1.19. The fraction of sp³-hybridized carbons (Fsp3) is 0.273. The second-order valence-corrected chi connectivity index (χ2v) is 4.33. The van der Waals surface area contributed by atoms with Crippen LogP contribution < -0.4 is 10.6 Å². The summed E-state index contributed by atoms with van der Waals surface area (Å²) in [6.45, 7) is 0.324. The van der Waals surface area contributed by atoms with Crippen molar-refractivity contribution in [1.29, 1.82) is 0 Å². The molecule has 0 aliphatic rings. The number of nitrogens with one attached hydrogen (secondary N) is 2. The minimum Gasteiger partial charge on any atom is -0.481 e. The van der Waals surface area contributed by atoms with Crippen LogP contribution in [0.15, 0.2) is 18.2 Å². The second kappa shape index (κ2) is 7.08. The lowest BCUT2D eigenvalue weighted by Crippen LogP contribution is -2.36. The Labute approximate surface area is 114 Å². The molecule has 0 saturated heterocycles. The summed E-state index contributed by atoms with van der Waals surface area (Å²) in [5.41, 5.74) is 0.731. The zero-order valence-electron chi connectivity index (χ0n) is 9.37. The van der Waals surface area contributed by atoms with Gasteiger partial charge in [0.05, 0.1) is 6.42 Å². The van der Waals surface area contributed by atoms with Crippen molar-refractivity contribution in [1.82, 2.24) is 10.6 Å². The quantitative estimate of drug-likeness (QED) is 0.778. The Bertz CT molecular complexity index is 452. The number of hydrogen-bond donors (Lipinski definition) is 3. The van der Waals surface area contributed by atoms with E-state index in [1.165, 1.54) is 0 Å². The van der Waals surface area contributed by atoms with Gasteiger partial charge in [-0.25, -0.2) is 4.79 Å². The van der Waals surface area contributed by atoms with Gasteiger partial charge in [-0.15, -0.1) is 0 Å². The molecule has 1 rings (SSSR count). The van der Waals surface area contributed by atoms with Crippen LogP contribution in [0.3, 0.4) is 0 Å². The first-order valence-corrected chi connectivity index (χ1v) is 5.92. The van der Waals surface area contributed by atoms with Crippen molar-refractivity contribution >= 4 is 35.2 Å². The van der Waals surface area contributed by atoms with E-state index in [9.17, 15) is 9.59 Å². The third-order valence-electron chi connectivity index (χ3n) is 2.08. The molecule has 0 spiro atoms. The summed E-state index contributed by atoms with van der Waals surface area (Å²) in [6.07, 6.45) is -0.116. The van der Waals surface area contributed by atoms with Gasteiger partial charge in [0.25, 0.3) is 0 Å². The molecule has 0 bridgehead atoms. The number of aliphatic carboxylic acids is 1. The van der Waals surface area contributed by atoms with Gasteiger partial charge in [0.2, 0.25) is 0 Å². The van der Waals surface area contributed by atoms with Crippen LogP contribution in [0.5, 0.6) is 0 Å². The lowest BCUT2D eigenvalue weighted by Gasteiger charge is -2.08. The maximum atomic E-state index is 11.3. The molecule has 0 atom stereocenters. The molecule has 0 fully saturated rings. The first-order valence-electron chi connectivity index (χ1n) is 5.16. The number of carbonyl (C=O) groups is 2. The molecule has 0 aromatic heterocycles. The standard InChI is InChI=1S/C11H12Cl2N2O3/c12-8-2-1-7(9(13)5-8)6-15-11(18)14-4-3-10(16)17/h1-2,5H,3-4,6H2,(H,16,17)(H2,14,15,18). The van der Waals surface area contributed by atoms with E-state index in [-0.39, 0.29) is 19.5 Å². The molecule has 98 valence electrons. The first kappa shape index (κ1) is 14.6. The predicted molar refractivity (Wildman–Crippen MR) is 69.0 cm³/mol. The summed E-state index contributed by atoms with van der Waals surface area (Å²) in [5, 5.41) is 14.4.